The van der Waals surface area contributed by atoms with Gasteiger partial charge < -0.3 is 15.2 Å². The first-order valence-electron chi connectivity index (χ1n) is 11.2. The molecule has 5 heteroatoms. The van der Waals surface area contributed by atoms with Crippen LogP contribution in [0.2, 0.25) is 0 Å². The Kier molecular flexibility index (Phi) is 6.40. The molecule has 0 saturated carbocycles. The third-order valence-corrected chi connectivity index (χ3v) is 6.32. The maximum absolute atomic E-state index is 13.2. The van der Waals surface area contributed by atoms with Crippen molar-refractivity contribution in [3.8, 4) is 0 Å². The van der Waals surface area contributed by atoms with Crippen LogP contribution in [0.4, 0.5) is 0 Å². The Morgan fingerprint density at radius 2 is 1.71 bits per heavy atom. The maximum atomic E-state index is 13.2. The monoisotopic (exact) mass is 417 g/mol. The van der Waals surface area contributed by atoms with E-state index in [2.05, 4.69) is 34.7 Å². The zero-order chi connectivity index (χ0) is 21.8. The lowest BCUT2D eigenvalue weighted by molar-refractivity contribution is -0.138. The van der Waals surface area contributed by atoms with Gasteiger partial charge >= 0.3 is 0 Å². The fourth-order valence-electron chi connectivity index (χ4n) is 4.56. The van der Waals surface area contributed by atoms with E-state index in [1.165, 1.54) is 10.9 Å². The molecule has 0 unspecified atom stereocenters. The van der Waals surface area contributed by atoms with Crippen molar-refractivity contribution < 1.29 is 9.59 Å². The van der Waals surface area contributed by atoms with E-state index in [1.54, 1.807) is 0 Å². The van der Waals surface area contributed by atoms with Gasteiger partial charge in [-0.05, 0) is 41.9 Å². The van der Waals surface area contributed by atoms with E-state index >= 15 is 0 Å². The summed E-state index contributed by atoms with van der Waals surface area (Å²) >= 11 is 0. The minimum absolute atomic E-state index is 0.0359. The lowest BCUT2D eigenvalue weighted by Crippen LogP contribution is -2.53. The number of aromatic nitrogens is 1. The highest BCUT2D eigenvalue weighted by molar-refractivity contribution is 5.89. The fourth-order valence-corrected chi connectivity index (χ4v) is 4.56. The van der Waals surface area contributed by atoms with Crippen LogP contribution in [0.25, 0.3) is 10.9 Å². The number of carbonyl (C=O) groups excluding carboxylic acids is 2. The Morgan fingerprint density at radius 3 is 2.42 bits per heavy atom. The summed E-state index contributed by atoms with van der Waals surface area (Å²) in [5.74, 6) is 0.421. The minimum Gasteiger partial charge on any atom is -0.361 e. The molecule has 2 N–H and O–H groups in total. The number of amides is 2. The number of carbonyl (C=O) groups is 2. The van der Waals surface area contributed by atoms with E-state index < -0.39 is 6.04 Å². The van der Waals surface area contributed by atoms with E-state index in [0.717, 1.165) is 37.0 Å². The van der Waals surface area contributed by atoms with Crippen molar-refractivity contribution in [2.45, 2.75) is 45.1 Å². The van der Waals surface area contributed by atoms with Gasteiger partial charge in [-0.1, -0.05) is 62.4 Å². The average Bonchev–Trinajstić information content (AvgIpc) is 3.22. The van der Waals surface area contributed by atoms with Crippen LogP contribution in [-0.2, 0) is 16.0 Å². The molecule has 1 aliphatic rings. The normalized spacial score (nSPS) is 15.9. The van der Waals surface area contributed by atoms with Gasteiger partial charge in [-0.3, -0.25) is 9.59 Å². The van der Waals surface area contributed by atoms with Crippen LogP contribution in [0.5, 0.6) is 0 Å². The van der Waals surface area contributed by atoms with Gasteiger partial charge in [0.25, 0.3) is 0 Å². The molecule has 0 radical (unpaired) electrons. The molecule has 3 aromatic rings. The molecule has 5 nitrogen and oxygen atoms in total. The Hall–Kier alpha value is -3.08. The number of piperidine rings is 1. The molecule has 1 atom stereocenters. The molecule has 0 bridgehead atoms. The van der Waals surface area contributed by atoms with Gasteiger partial charge in [0.1, 0.15) is 6.04 Å². The summed E-state index contributed by atoms with van der Waals surface area (Å²) in [5.41, 5.74) is 3.46. The van der Waals surface area contributed by atoms with Crippen LogP contribution < -0.4 is 5.32 Å². The number of para-hydroxylation sites is 1. The number of nitrogens with zero attached hydrogens (tertiary/aromatic N) is 1. The number of nitrogens with one attached hydrogen (secondary N) is 2. The number of aromatic amines is 1. The molecule has 1 aliphatic heterocycles. The second-order valence-corrected chi connectivity index (χ2v) is 8.84. The summed E-state index contributed by atoms with van der Waals surface area (Å²) in [7, 11) is 0. The topological polar surface area (TPSA) is 65.2 Å². The van der Waals surface area contributed by atoms with Gasteiger partial charge in [-0.2, -0.15) is 0 Å². The Balaban J connectivity index is 1.37. The van der Waals surface area contributed by atoms with Crippen LogP contribution in [0.15, 0.2) is 60.8 Å². The van der Waals surface area contributed by atoms with Crippen LogP contribution in [0, 0.1) is 5.92 Å². The van der Waals surface area contributed by atoms with Gasteiger partial charge in [-0.25, -0.2) is 0 Å². The first-order chi connectivity index (χ1) is 15.0. The van der Waals surface area contributed by atoms with Crippen LogP contribution in [0.1, 0.15) is 43.7 Å². The van der Waals surface area contributed by atoms with Crippen molar-refractivity contribution >= 4 is 22.7 Å². The smallest absolute Gasteiger partial charge is 0.245 e. The molecule has 0 aliphatic carbocycles. The first-order valence-corrected chi connectivity index (χ1v) is 11.2. The zero-order valence-corrected chi connectivity index (χ0v) is 18.3. The van der Waals surface area contributed by atoms with Gasteiger partial charge in [0.15, 0.2) is 0 Å². The van der Waals surface area contributed by atoms with Crippen molar-refractivity contribution in [1.29, 1.82) is 0 Å². The summed E-state index contributed by atoms with van der Waals surface area (Å²) in [6.45, 7) is 5.43. The van der Waals surface area contributed by atoms with Crippen molar-refractivity contribution in [3.63, 3.8) is 0 Å². The van der Waals surface area contributed by atoms with Gasteiger partial charge in [-0.15, -0.1) is 0 Å². The highest BCUT2D eigenvalue weighted by Gasteiger charge is 2.32. The standard InChI is InChI=1S/C26H31N3O2/c1-18(2)25(28-24(30)16-19-8-4-3-5-9-19)26(31)29-14-12-20(13-15-29)22-17-27-23-11-7-6-10-21(22)23/h3-11,17-18,20,25,27H,12-16H2,1-2H3,(H,28,30)/t25-/m0/s1. The predicted molar refractivity (Wildman–Crippen MR) is 124 cm³/mol. The van der Waals surface area contributed by atoms with E-state index in [4.69, 9.17) is 0 Å². The Bertz CT molecular complexity index is 1030. The first kappa shape index (κ1) is 21.2. The van der Waals surface area contributed by atoms with Crippen molar-refractivity contribution in [2.75, 3.05) is 13.1 Å². The van der Waals surface area contributed by atoms with E-state index in [1.807, 2.05) is 55.1 Å². The molecule has 2 heterocycles. The third kappa shape index (κ3) is 4.82. The Morgan fingerprint density at radius 1 is 1.03 bits per heavy atom. The lowest BCUT2D eigenvalue weighted by atomic mass is 9.88. The number of rotatable bonds is 6. The van der Waals surface area contributed by atoms with Gasteiger partial charge in [0, 0.05) is 30.2 Å². The van der Waals surface area contributed by atoms with Crippen LogP contribution in [0.3, 0.4) is 0 Å². The van der Waals surface area contributed by atoms with E-state index in [-0.39, 0.29) is 17.7 Å². The largest absolute Gasteiger partial charge is 0.361 e. The minimum atomic E-state index is -0.485. The van der Waals surface area contributed by atoms with E-state index in [9.17, 15) is 9.59 Å². The molecule has 0 spiro atoms. The van der Waals surface area contributed by atoms with Crippen LogP contribution >= 0.6 is 0 Å². The van der Waals surface area contributed by atoms with E-state index in [0.29, 0.717) is 12.3 Å². The number of likely N-dealkylation sites (tertiary alicyclic amines) is 1. The molecular formula is C26H31N3O2. The Labute approximate surface area is 183 Å². The molecule has 4 rings (SSSR count). The molecule has 162 valence electrons. The number of benzene rings is 2. The SMILES string of the molecule is CC(C)[C@H](NC(=O)Cc1ccccc1)C(=O)N1CCC(c2c[nH]c3ccccc23)CC1. The second-order valence-electron chi connectivity index (χ2n) is 8.84. The number of H-pyrrole nitrogens is 1. The predicted octanol–water partition coefficient (Wildman–Crippen LogP) is 4.26. The molecule has 31 heavy (non-hydrogen) atoms. The van der Waals surface area contributed by atoms with Crippen molar-refractivity contribution in [1.82, 2.24) is 15.2 Å². The molecule has 2 amide bonds. The van der Waals surface area contributed by atoms with Crippen molar-refractivity contribution in [2.24, 2.45) is 5.92 Å². The summed E-state index contributed by atoms with van der Waals surface area (Å²) in [4.78, 5) is 31.1. The lowest BCUT2D eigenvalue weighted by Gasteiger charge is -2.35. The zero-order valence-electron chi connectivity index (χ0n) is 18.3. The highest BCUT2D eigenvalue weighted by Crippen LogP contribution is 2.33. The molecule has 1 fully saturated rings. The second kappa shape index (κ2) is 9.38. The summed E-state index contributed by atoms with van der Waals surface area (Å²) < 4.78 is 0. The summed E-state index contributed by atoms with van der Waals surface area (Å²) in [5, 5.41) is 4.27. The quantitative estimate of drug-likeness (QED) is 0.629. The number of fused-ring (bicyclic) bond motifs is 1. The highest BCUT2D eigenvalue weighted by atomic mass is 16.2. The van der Waals surface area contributed by atoms with Crippen LogP contribution in [-0.4, -0.2) is 40.8 Å². The van der Waals surface area contributed by atoms with Gasteiger partial charge in [0.2, 0.25) is 11.8 Å². The average molecular weight is 418 g/mol. The number of hydrogen-bond acceptors (Lipinski definition) is 2. The third-order valence-electron chi connectivity index (χ3n) is 6.32. The van der Waals surface area contributed by atoms with Gasteiger partial charge in [0.05, 0.1) is 6.42 Å². The summed E-state index contributed by atoms with van der Waals surface area (Å²) in [6.07, 6.45) is 4.29. The number of hydrogen-bond donors (Lipinski definition) is 2. The molecular weight excluding hydrogens is 386 g/mol. The molecule has 1 aromatic heterocycles. The molecule has 2 aromatic carbocycles. The summed E-state index contributed by atoms with van der Waals surface area (Å²) in [6, 6.07) is 17.5. The van der Waals surface area contributed by atoms with Crippen molar-refractivity contribution in [3.05, 3.63) is 71.9 Å². The fraction of sp³-hybridized carbons (Fsp3) is 0.385. The molecule has 1 saturated heterocycles. The maximum Gasteiger partial charge on any atom is 0.245 e.